The normalized spacial score (nSPS) is 17.6. The fourth-order valence-corrected chi connectivity index (χ4v) is 1.80. The van der Waals surface area contributed by atoms with E-state index in [0.717, 1.165) is 12.8 Å². The van der Waals surface area contributed by atoms with Crippen LogP contribution in [0.4, 0.5) is 4.39 Å². The summed E-state index contributed by atoms with van der Waals surface area (Å²) in [6, 6.07) is 3.17. The minimum atomic E-state index is -0.409. The fourth-order valence-electron chi connectivity index (χ4n) is 1.62. The van der Waals surface area contributed by atoms with Gasteiger partial charge in [0.05, 0.1) is 12.1 Å². The van der Waals surface area contributed by atoms with Crippen molar-refractivity contribution in [2.24, 2.45) is 5.73 Å². The Labute approximate surface area is 93.2 Å². The summed E-state index contributed by atoms with van der Waals surface area (Å²) in [4.78, 5) is 0. The molecular formula is C11H13ClFNO. The number of rotatable bonds is 3. The summed E-state index contributed by atoms with van der Waals surface area (Å²) < 4.78 is 18.8. The minimum absolute atomic E-state index is 0.120. The smallest absolute Gasteiger partial charge is 0.148 e. The molecule has 0 aliphatic heterocycles. The molecule has 0 radical (unpaired) electrons. The molecule has 2 rings (SSSR count). The predicted molar refractivity (Wildman–Crippen MR) is 57.8 cm³/mol. The Balaban J connectivity index is 2.37. The van der Waals surface area contributed by atoms with Gasteiger partial charge < -0.3 is 10.5 Å². The maximum Gasteiger partial charge on any atom is 0.148 e. The van der Waals surface area contributed by atoms with Crippen LogP contribution in [-0.2, 0) is 6.42 Å². The minimum Gasteiger partial charge on any atom is -0.496 e. The average molecular weight is 230 g/mol. The van der Waals surface area contributed by atoms with Crippen molar-refractivity contribution in [3.63, 3.8) is 0 Å². The number of benzene rings is 1. The van der Waals surface area contributed by atoms with Crippen molar-refractivity contribution in [3.05, 3.63) is 28.5 Å². The van der Waals surface area contributed by atoms with E-state index in [1.165, 1.54) is 13.2 Å². The molecule has 2 nitrogen and oxygen atoms in total. The Morgan fingerprint density at radius 2 is 2.20 bits per heavy atom. The molecule has 0 saturated heterocycles. The van der Waals surface area contributed by atoms with Gasteiger partial charge in [-0.25, -0.2) is 4.39 Å². The first kappa shape index (κ1) is 10.7. The maximum atomic E-state index is 13.7. The van der Waals surface area contributed by atoms with Crippen molar-refractivity contribution in [1.82, 2.24) is 0 Å². The van der Waals surface area contributed by atoms with E-state index >= 15 is 0 Å². The Hall–Kier alpha value is -0.800. The van der Waals surface area contributed by atoms with E-state index in [1.807, 2.05) is 0 Å². The van der Waals surface area contributed by atoms with E-state index in [-0.39, 0.29) is 10.6 Å². The third-order valence-corrected chi connectivity index (χ3v) is 3.09. The van der Waals surface area contributed by atoms with Crippen LogP contribution < -0.4 is 10.5 Å². The Morgan fingerprint density at radius 3 is 2.73 bits per heavy atom. The van der Waals surface area contributed by atoms with Crippen LogP contribution in [0.15, 0.2) is 12.1 Å². The van der Waals surface area contributed by atoms with Crippen molar-refractivity contribution in [2.75, 3.05) is 7.11 Å². The molecule has 2 N–H and O–H groups in total. The van der Waals surface area contributed by atoms with Gasteiger partial charge in [0.25, 0.3) is 0 Å². The van der Waals surface area contributed by atoms with Gasteiger partial charge in [-0.3, -0.25) is 0 Å². The standard InChI is InChI=1S/C11H13ClFNO/c1-15-9-3-2-8(12)10(13)7(9)6-11(14)4-5-11/h2-3H,4-6,14H2,1H3. The van der Waals surface area contributed by atoms with E-state index in [9.17, 15) is 4.39 Å². The lowest BCUT2D eigenvalue weighted by Gasteiger charge is -2.14. The van der Waals surface area contributed by atoms with Gasteiger partial charge in [0.15, 0.2) is 0 Å². The first-order chi connectivity index (χ1) is 7.06. The third-order valence-electron chi connectivity index (χ3n) is 2.79. The van der Waals surface area contributed by atoms with Gasteiger partial charge in [-0.2, -0.15) is 0 Å². The highest BCUT2D eigenvalue weighted by Crippen LogP contribution is 2.39. The van der Waals surface area contributed by atoms with Crippen LogP contribution in [0.1, 0.15) is 18.4 Å². The molecule has 0 unspecified atom stereocenters. The molecule has 0 aromatic heterocycles. The van der Waals surface area contributed by atoms with Gasteiger partial charge in [0.1, 0.15) is 11.6 Å². The second-order valence-corrected chi connectivity index (χ2v) is 4.49. The lowest BCUT2D eigenvalue weighted by molar-refractivity contribution is 0.401. The largest absolute Gasteiger partial charge is 0.496 e. The van der Waals surface area contributed by atoms with Crippen molar-refractivity contribution in [1.29, 1.82) is 0 Å². The highest BCUT2D eigenvalue weighted by molar-refractivity contribution is 6.30. The molecule has 0 atom stereocenters. The van der Waals surface area contributed by atoms with Gasteiger partial charge >= 0.3 is 0 Å². The van der Waals surface area contributed by atoms with Gasteiger partial charge in [0, 0.05) is 11.1 Å². The molecule has 1 saturated carbocycles. The molecule has 15 heavy (non-hydrogen) atoms. The Kier molecular flexibility index (Phi) is 2.61. The first-order valence-electron chi connectivity index (χ1n) is 4.85. The second-order valence-electron chi connectivity index (χ2n) is 4.08. The van der Waals surface area contributed by atoms with E-state index in [0.29, 0.717) is 17.7 Å². The lowest BCUT2D eigenvalue weighted by Crippen LogP contribution is -2.25. The number of ether oxygens (including phenoxy) is 1. The molecule has 1 aliphatic carbocycles. The van der Waals surface area contributed by atoms with E-state index in [1.54, 1.807) is 6.07 Å². The van der Waals surface area contributed by atoms with Crippen LogP contribution in [-0.4, -0.2) is 12.6 Å². The molecule has 1 aromatic carbocycles. The van der Waals surface area contributed by atoms with Crippen molar-refractivity contribution >= 4 is 11.6 Å². The molecular weight excluding hydrogens is 217 g/mol. The number of hydrogen-bond acceptors (Lipinski definition) is 2. The van der Waals surface area contributed by atoms with Crippen LogP contribution >= 0.6 is 11.6 Å². The molecule has 0 spiro atoms. The summed E-state index contributed by atoms with van der Waals surface area (Å²) in [5.41, 5.74) is 6.20. The third kappa shape index (κ3) is 2.08. The van der Waals surface area contributed by atoms with Crippen molar-refractivity contribution in [3.8, 4) is 5.75 Å². The van der Waals surface area contributed by atoms with Crippen LogP contribution in [0, 0.1) is 5.82 Å². The van der Waals surface area contributed by atoms with E-state index < -0.39 is 5.82 Å². The molecule has 1 aliphatic rings. The van der Waals surface area contributed by atoms with Gasteiger partial charge in [-0.15, -0.1) is 0 Å². The Bertz CT molecular complexity index is 390. The molecule has 0 heterocycles. The zero-order chi connectivity index (χ0) is 11.1. The number of nitrogens with two attached hydrogens (primary N) is 1. The molecule has 1 aromatic rings. The van der Waals surface area contributed by atoms with E-state index in [2.05, 4.69) is 0 Å². The summed E-state index contributed by atoms with van der Waals surface area (Å²) in [5.74, 6) is 0.112. The van der Waals surface area contributed by atoms with Gasteiger partial charge in [-0.05, 0) is 31.4 Å². The topological polar surface area (TPSA) is 35.2 Å². The summed E-state index contributed by atoms with van der Waals surface area (Å²) in [5, 5.41) is 0.120. The van der Waals surface area contributed by atoms with Crippen LogP contribution in [0.2, 0.25) is 5.02 Å². The molecule has 1 fully saturated rings. The van der Waals surface area contributed by atoms with Crippen LogP contribution in [0.5, 0.6) is 5.75 Å². The van der Waals surface area contributed by atoms with Crippen molar-refractivity contribution < 1.29 is 9.13 Å². The van der Waals surface area contributed by atoms with Crippen LogP contribution in [0.25, 0.3) is 0 Å². The number of hydrogen-bond donors (Lipinski definition) is 1. The number of methoxy groups -OCH3 is 1. The van der Waals surface area contributed by atoms with Crippen molar-refractivity contribution in [2.45, 2.75) is 24.8 Å². The first-order valence-corrected chi connectivity index (χ1v) is 5.23. The van der Waals surface area contributed by atoms with Gasteiger partial charge in [-0.1, -0.05) is 11.6 Å². The van der Waals surface area contributed by atoms with Gasteiger partial charge in [0.2, 0.25) is 0 Å². The van der Waals surface area contributed by atoms with Crippen LogP contribution in [0.3, 0.4) is 0 Å². The quantitative estimate of drug-likeness (QED) is 0.865. The van der Waals surface area contributed by atoms with E-state index in [4.69, 9.17) is 22.1 Å². The lowest BCUT2D eigenvalue weighted by atomic mass is 10.0. The fraction of sp³-hybridized carbons (Fsp3) is 0.455. The predicted octanol–water partition coefficient (Wildman–Crippen LogP) is 2.52. The maximum absolute atomic E-state index is 13.7. The SMILES string of the molecule is COc1ccc(Cl)c(F)c1CC1(N)CC1. The second kappa shape index (κ2) is 3.65. The summed E-state index contributed by atoms with van der Waals surface area (Å²) >= 11 is 5.72. The zero-order valence-electron chi connectivity index (χ0n) is 8.52. The summed E-state index contributed by atoms with van der Waals surface area (Å²) in [6.07, 6.45) is 2.35. The highest BCUT2D eigenvalue weighted by atomic mass is 35.5. The summed E-state index contributed by atoms with van der Waals surface area (Å²) in [6.45, 7) is 0. The summed E-state index contributed by atoms with van der Waals surface area (Å²) in [7, 11) is 1.52. The monoisotopic (exact) mass is 229 g/mol. The highest BCUT2D eigenvalue weighted by Gasteiger charge is 2.39. The Morgan fingerprint density at radius 1 is 1.53 bits per heavy atom. The molecule has 4 heteroatoms. The molecule has 0 amide bonds. The molecule has 0 bridgehead atoms. The molecule has 82 valence electrons. The average Bonchev–Trinajstić information content (AvgIpc) is 2.92. The zero-order valence-corrected chi connectivity index (χ0v) is 9.27. The number of halogens is 2.